The van der Waals surface area contributed by atoms with Gasteiger partial charge in [0, 0.05) is 30.0 Å². The number of hydrogen-bond acceptors (Lipinski definition) is 8. The van der Waals surface area contributed by atoms with Crippen LogP contribution in [0.25, 0.3) is 10.2 Å². The third-order valence-corrected chi connectivity index (χ3v) is 7.20. The summed E-state index contributed by atoms with van der Waals surface area (Å²) >= 11 is 1.35. The van der Waals surface area contributed by atoms with Crippen molar-refractivity contribution >= 4 is 38.7 Å². The Labute approximate surface area is 178 Å². The van der Waals surface area contributed by atoms with Gasteiger partial charge in [0.2, 0.25) is 11.5 Å². The van der Waals surface area contributed by atoms with Gasteiger partial charge in [0.15, 0.2) is 11.5 Å². The van der Waals surface area contributed by atoms with Crippen LogP contribution in [0.2, 0.25) is 0 Å². The number of rotatable bonds is 5. The smallest absolute Gasteiger partial charge is 0.205 e. The molecule has 1 fully saturated rings. The zero-order chi connectivity index (χ0) is 21.0. The molecule has 0 atom stereocenters. The highest BCUT2D eigenvalue weighted by Crippen LogP contribution is 2.46. The number of fused-ring (bicyclic) bond motifs is 3. The normalized spacial score (nSPS) is 15.4. The zero-order valence-corrected chi connectivity index (χ0v) is 18.0. The van der Waals surface area contributed by atoms with Crippen LogP contribution in [-0.4, -0.2) is 45.2 Å². The van der Waals surface area contributed by atoms with Crippen molar-refractivity contribution in [1.82, 2.24) is 4.98 Å². The van der Waals surface area contributed by atoms with E-state index in [1.54, 1.807) is 12.1 Å². The van der Waals surface area contributed by atoms with Gasteiger partial charge in [-0.1, -0.05) is 0 Å². The number of hydrogen-bond donors (Lipinski definition) is 1. The highest BCUT2D eigenvalue weighted by Gasteiger charge is 2.33. The summed E-state index contributed by atoms with van der Waals surface area (Å²) in [5.41, 5.74) is 9.67. The third kappa shape index (κ3) is 2.70. The van der Waals surface area contributed by atoms with Crippen LogP contribution in [0, 0.1) is 0 Å². The largest absolute Gasteiger partial charge is 0.493 e. The predicted octanol–water partition coefficient (Wildman–Crippen LogP) is 3.83. The van der Waals surface area contributed by atoms with Crippen molar-refractivity contribution < 1.29 is 19.0 Å². The number of ether oxygens (including phenoxy) is 3. The molecule has 2 N–H and O–H groups in total. The van der Waals surface area contributed by atoms with Gasteiger partial charge in [0.05, 0.1) is 38.4 Å². The topological polar surface area (TPSA) is 86.9 Å². The third-order valence-electron chi connectivity index (χ3n) is 6.08. The molecule has 1 aromatic carbocycles. The van der Waals surface area contributed by atoms with Gasteiger partial charge in [-0.05, 0) is 31.0 Å². The van der Waals surface area contributed by atoms with Gasteiger partial charge < -0.3 is 24.8 Å². The molecule has 7 nitrogen and oxygen atoms in total. The second-order valence-corrected chi connectivity index (χ2v) is 8.59. The van der Waals surface area contributed by atoms with Crippen LogP contribution >= 0.6 is 11.3 Å². The van der Waals surface area contributed by atoms with E-state index in [2.05, 4.69) is 11.0 Å². The number of carbonyl (C=O) groups excluding carboxylic acids is 1. The lowest BCUT2D eigenvalue weighted by atomic mass is 9.86. The number of carbonyl (C=O) groups is 1. The van der Waals surface area contributed by atoms with Crippen molar-refractivity contribution in [2.45, 2.75) is 18.8 Å². The Balaban J connectivity index is 1.62. The molecule has 3 aliphatic heterocycles. The van der Waals surface area contributed by atoms with Gasteiger partial charge in [0.25, 0.3) is 0 Å². The van der Waals surface area contributed by atoms with Gasteiger partial charge in [0.1, 0.15) is 9.71 Å². The SMILES string of the molecule is COc1cc(C(=O)c2sc3nc4c(cc3c2N)N2CCC4CC2)cc(OC)c1OC. The summed E-state index contributed by atoms with van der Waals surface area (Å²) in [5.74, 6) is 1.62. The summed E-state index contributed by atoms with van der Waals surface area (Å²) in [7, 11) is 4.58. The quantitative estimate of drug-likeness (QED) is 0.622. The molecule has 1 saturated heterocycles. The molecule has 0 aliphatic carbocycles. The molecule has 3 aliphatic rings. The number of thiophene rings is 1. The first kappa shape index (κ1) is 19.0. The first-order chi connectivity index (χ1) is 14.5. The number of nitrogens with two attached hydrogens (primary N) is 1. The van der Waals surface area contributed by atoms with E-state index in [0.717, 1.165) is 41.8 Å². The average Bonchev–Trinajstić information content (AvgIpc) is 3.12. The number of aromatic nitrogens is 1. The maximum absolute atomic E-state index is 13.4. The molecular formula is C22H23N3O4S. The van der Waals surface area contributed by atoms with Crippen LogP contribution in [0.1, 0.15) is 39.7 Å². The van der Waals surface area contributed by atoms with E-state index in [1.165, 1.54) is 38.4 Å². The van der Waals surface area contributed by atoms with Crippen molar-refractivity contribution in [2.75, 3.05) is 45.1 Å². The molecule has 2 bridgehead atoms. The molecule has 6 rings (SSSR count). The molecule has 0 unspecified atom stereocenters. The van der Waals surface area contributed by atoms with E-state index >= 15 is 0 Å². The number of benzene rings is 1. The number of anilines is 2. The van der Waals surface area contributed by atoms with Crippen molar-refractivity contribution in [1.29, 1.82) is 0 Å². The zero-order valence-electron chi connectivity index (χ0n) is 17.2. The molecular weight excluding hydrogens is 402 g/mol. The minimum Gasteiger partial charge on any atom is -0.493 e. The molecule has 0 amide bonds. The summed E-state index contributed by atoms with van der Waals surface area (Å²) in [4.78, 5) is 22.0. The van der Waals surface area contributed by atoms with Crippen LogP contribution in [0.4, 0.5) is 11.4 Å². The summed E-state index contributed by atoms with van der Waals surface area (Å²) < 4.78 is 16.1. The number of pyridine rings is 1. The van der Waals surface area contributed by atoms with E-state index in [9.17, 15) is 4.79 Å². The lowest BCUT2D eigenvalue weighted by molar-refractivity contribution is 0.104. The Bertz CT molecular complexity index is 1140. The Morgan fingerprint density at radius 1 is 1.10 bits per heavy atom. The van der Waals surface area contributed by atoms with Crippen molar-refractivity contribution in [3.63, 3.8) is 0 Å². The molecule has 30 heavy (non-hydrogen) atoms. The van der Waals surface area contributed by atoms with E-state index in [4.69, 9.17) is 24.9 Å². The van der Waals surface area contributed by atoms with Crippen LogP contribution in [0.3, 0.4) is 0 Å². The second kappa shape index (κ2) is 7.05. The second-order valence-electron chi connectivity index (χ2n) is 7.59. The molecule has 3 aromatic rings. The van der Waals surface area contributed by atoms with Crippen LogP contribution in [-0.2, 0) is 0 Å². The van der Waals surface area contributed by atoms with Crippen molar-refractivity contribution in [3.05, 3.63) is 34.3 Å². The number of methoxy groups -OCH3 is 3. The lowest BCUT2D eigenvalue weighted by Gasteiger charge is -2.41. The van der Waals surface area contributed by atoms with E-state index in [0.29, 0.717) is 39.3 Å². The van der Waals surface area contributed by atoms with Gasteiger partial charge in [-0.2, -0.15) is 0 Å². The van der Waals surface area contributed by atoms with Gasteiger partial charge in [-0.25, -0.2) is 4.98 Å². The fourth-order valence-corrected chi connectivity index (χ4v) is 5.55. The summed E-state index contributed by atoms with van der Waals surface area (Å²) in [6.07, 6.45) is 2.28. The molecule has 2 aromatic heterocycles. The molecule has 0 radical (unpaired) electrons. The van der Waals surface area contributed by atoms with Crippen LogP contribution in [0.5, 0.6) is 17.2 Å². The summed E-state index contributed by atoms with van der Waals surface area (Å²) in [5, 5.41) is 0.849. The van der Waals surface area contributed by atoms with Gasteiger partial charge in [-0.3, -0.25) is 4.79 Å². The highest BCUT2D eigenvalue weighted by atomic mass is 32.1. The molecule has 0 spiro atoms. The number of piperidine rings is 1. The predicted molar refractivity (Wildman–Crippen MR) is 118 cm³/mol. The number of ketones is 1. The first-order valence-corrected chi connectivity index (χ1v) is 10.7. The first-order valence-electron chi connectivity index (χ1n) is 9.88. The Morgan fingerprint density at radius 3 is 2.37 bits per heavy atom. The minimum absolute atomic E-state index is 0.184. The number of nitrogen functional groups attached to an aromatic ring is 1. The monoisotopic (exact) mass is 425 g/mol. The van der Waals surface area contributed by atoms with Gasteiger partial charge >= 0.3 is 0 Å². The Morgan fingerprint density at radius 2 is 1.77 bits per heavy atom. The highest BCUT2D eigenvalue weighted by molar-refractivity contribution is 7.21. The average molecular weight is 426 g/mol. The lowest BCUT2D eigenvalue weighted by Crippen LogP contribution is -2.39. The number of nitrogens with zero attached hydrogens (tertiary/aromatic N) is 2. The molecule has 0 saturated carbocycles. The molecule has 156 valence electrons. The standard InChI is InChI=1S/C22H23N3O4S/c1-27-15-8-12(9-16(28-2)20(15)29-3)19(26)21-17(23)13-10-14-18(24-22(13)30-21)11-4-6-25(14)7-5-11/h8-11H,4-7,23H2,1-3H3. The summed E-state index contributed by atoms with van der Waals surface area (Å²) in [6.45, 7) is 2.12. The van der Waals surface area contributed by atoms with Crippen LogP contribution in [0.15, 0.2) is 18.2 Å². The van der Waals surface area contributed by atoms with Gasteiger partial charge in [-0.15, -0.1) is 11.3 Å². The maximum Gasteiger partial charge on any atom is 0.205 e. The van der Waals surface area contributed by atoms with E-state index < -0.39 is 0 Å². The van der Waals surface area contributed by atoms with Crippen LogP contribution < -0.4 is 24.8 Å². The van der Waals surface area contributed by atoms with Crippen molar-refractivity contribution in [2.24, 2.45) is 0 Å². The Kier molecular flexibility index (Phi) is 4.47. The minimum atomic E-state index is -0.184. The van der Waals surface area contributed by atoms with E-state index in [-0.39, 0.29) is 5.78 Å². The van der Waals surface area contributed by atoms with E-state index in [1.807, 2.05) is 0 Å². The fourth-order valence-electron chi connectivity index (χ4n) is 4.50. The Hall–Kier alpha value is -3.00. The molecule has 8 heteroatoms. The molecule has 5 heterocycles. The summed E-state index contributed by atoms with van der Waals surface area (Å²) in [6, 6.07) is 5.41. The van der Waals surface area contributed by atoms with Crippen molar-refractivity contribution in [3.8, 4) is 17.2 Å². The maximum atomic E-state index is 13.4. The fraction of sp³-hybridized carbons (Fsp3) is 0.364.